The molecule has 0 fully saturated rings. The van der Waals surface area contributed by atoms with Gasteiger partial charge in [-0.3, -0.25) is 9.59 Å². The Bertz CT molecular complexity index is 191. The third-order valence-corrected chi connectivity index (χ3v) is 1.46. The molecule has 0 saturated heterocycles. The summed E-state index contributed by atoms with van der Waals surface area (Å²) >= 11 is 0. The second kappa shape index (κ2) is 7.98. The minimum atomic E-state index is -1.11. The van der Waals surface area contributed by atoms with E-state index in [1.54, 1.807) is 6.92 Å². The third-order valence-electron chi connectivity index (χ3n) is 1.46. The summed E-state index contributed by atoms with van der Waals surface area (Å²) in [5.74, 6) is -1.14. The first-order chi connectivity index (χ1) is 5.93. The maximum atomic E-state index is 11.1. The molecule has 0 aromatic rings. The molecule has 1 N–H and O–H groups in total. The van der Waals surface area contributed by atoms with E-state index in [1.165, 1.54) is 0 Å². The zero-order valence-electron chi connectivity index (χ0n) is 8.24. The number of hydrogen-bond donors (Lipinski definition) is 1. The molecule has 1 atom stereocenters. The van der Waals surface area contributed by atoms with Crippen molar-refractivity contribution < 1.29 is 19.4 Å². The van der Waals surface area contributed by atoms with Gasteiger partial charge >= 0.3 is 5.97 Å². The maximum absolute atomic E-state index is 11.1. The summed E-state index contributed by atoms with van der Waals surface area (Å²) < 4.78 is 5.15. The SMILES string of the molecule is CC(C)COC(C)C(=O)CC(=O)O.[AlH3]. The summed E-state index contributed by atoms with van der Waals surface area (Å²) in [5.41, 5.74) is 0. The van der Waals surface area contributed by atoms with Gasteiger partial charge < -0.3 is 9.84 Å². The van der Waals surface area contributed by atoms with Crippen LogP contribution in [-0.2, 0) is 14.3 Å². The number of aliphatic carboxylic acids is 1. The van der Waals surface area contributed by atoms with Gasteiger partial charge in [-0.05, 0) is 12.8 Å². The molecule has 0 spiro atoms. The fourth-order valence-corrected chi connectivity index (χ4v) is 0.723. The van der Waals surface area contributed by atoms with Gasteiger partial charge in [0.25, 0.3) is 0 Å². The minimum absolute atomic E-state index is 0. The molecule has 0 aliphatic carbocycles. The van der Waals surface area contributed by atoms with E-state index in [2.05, 4.69) is 0 Å². The molecule has 0 rings (SSSR count). The van der Waals surface area contributed by atoms with Crippen LogP contribution in [0.4, 0.5) is 0 Å². The van der Waals surface area contributed by atoms with Crippen molar-refractivity contribution >= 4 is 29.1 Å². The molecule has 0 bridgehead atoms. The fraction of sp³-hybridized carbons (Fsp3) is 0.778. The van der Waals surface area contributed by atoms with Gasteiger partial charge in [-0.1, -0.05) is 13.8 Å². The number of hydrogen-bond acceptors (Lipinski definition) is 3. The summed E-state index contributed by atoms with van der Waals surface area (Å²) in [6.45, 7) is 5.99. The Morgan fingerprint density at radius 1 is 1.29 bits per heavy atom. The average molecular weight is 218 g/mol. The highest BCUT2D eigenvalue weighted by Crippen LogP contribution is 2.01. The van der Waals surface area contributed by atoms with E-state index < -0.39 is 18.5 Å². The Balaban J connectivity index is 0. The number of Topliss-reactive ketones (excluding diaryl/α,β-unsaturated/α-hetero) is 1. The van der Waals surface area contributed by atoms with Crippen molar-refractivity contribution in [1.82, 2.24) is 0 Å². The molecule has 0 heterocycles. The molecule has 5 heteroatoms. The lowest BCUT2D eigenvalue weighted by Crippen LogP contribution is -2.24. The number of carboxylic acids is 1. The van der Waals surface area contributed by atoms with Crippen LogP contribution in [0.5, 0.6) is 0 Å². The quantitative estimate of drug-likeness (QED) is 0.500. The minimum Gasteiger partial charge on any atom is -0.481 e. The van der Waals surface area contributed by atoms with Crippen molar-refractivity contribution in [1.29, 1.82) is 0 Å². The number of ketones is 1. The van der Waals surface area contributed by atoms with Gasteiger partial charge in [0.2, 0.25) is 0 Å². The van der Waals surface area contributed by atoms with E-state index in [4.69, 9.17) is 9.84 Å². The molecule has 1 unspecified atom stereocenters. The van der Waals surface area contributed by atoms with Crippen LogP contribution in [-0.4, -0.2) is 46.9 Å². The standard InChI is InChI=1S/C9H16O4.Al.3H/c1-6(2)5-13-7(3)8(10)4-9(11)12;;;;/h6-7H,4-5H2,1-3H3,(H,11,12);;;;. The molecule has 0 aliphatic rings. The molecule has 82 valence electrons. The molecule has 0 aromatic heterocycles. The van der Waals surface area contributed by atoms with E-state index in [1.807, 2.05) is 13.8 Å². The second-order valence-electron chi connectivity index (χ2n) is 3.41. The molecule has 0 amide bonds. The number of ether oxygens (including phenoxy) is 1. The largest absolute Gasteiger partial charge is 0.481 e. The summed E-state index contributed by atoms with van der Waals surface area (Å²) in [5, 5.41) is 8.33. The van der Waals surface area contributed by atoms with Crippen LogP contribution < -0.4 is 0 Å². The predicted molar refractivity (Wildman–Crippen MR) is 57.5 cm³/mol. The van der Waals surface area contributed by atoms with Crippen molar-refractivity contribution in [3.8, 4) is 0 Å². The normalized spacial score (nSPS) is 12.0. The molecule has 0 saturated carbocycles. The number of carboxylic acid groups (broad SMARTS) is 1. The van der Waals surface area contributed by atoms with Gasteiger partial charge in [0.1, 0.15) is 12.5 Å². The summed E-state index contributed by atoms with van der Waals surface area (Å²) in [6, 6.07) is 0. The van der Waals surface area contributed by atoms with Crippen LogP contribution in [0.1, 0.15) is 27.2 Å². The third kappa shape index (κ3) is 8.24. The summed E-state index contributed by atoms with van der Waals surface area (Å²) in [6.07, 6.45) is -1.07. The molecule has 4 nitrogen and oxygen atoms in total. The lowest BCUT2D eigenvalue weighted by Gasteiger charge is -2.12. The fourth-order valence-electron chi connectivity index (χ4n) is 0.723. The van der Waals surface area contributed by atoms with Crippen LogP contribution >= 0.6 is 0 Å². The second-order valence-corrected chi connectivity index (χ2v) is 3.41. The molecule has 14 heavy (non-hydrogen) atoms. The Morgan fingerprint density at radius 2 is 1.79 bits per heavy atom. The molecular formula is C9H19AlO4. The Hall–Kier alpha value is -0.368. The first-order valence-corrected chi connectivity index (χ1v) is 4.29. The Kier molecular flexibility index (Phi) is 9.17. The number of carbonyl (C=O) groups excluding carboxylic acids is 1. The maximum Gasteiger partial charge on any atom is 0.310 e. The molecular weight excluding hydrogens is 199 g/mol. The highest BCUT2D eigenvalue weighted by molar-refractivity contribution is 5.97. The Morgan fingerprint density at radius 3 is 2.14 bits per heavy atom. The van der Waals surface area contributed by atoms with Crippen LogP contribution in [0.25, 0.3) is 0 Å². The number of carbonyl (C=O) groups is 2. The highest BCUT2D eigenvalue weighted by atomic mass is 27.0. The zero-order valence-corrected chi connectivity index (χ0v) is 8.24. The number of rotatable bonds is 6. The van der Waals surface area contributed by atoms with Crippen LogP contribution in [0, 0.1) is 5.92 Å². The highest BCUT2D eigenvalue weighted by Gasteiger charge is 2.16. The Labute approximate surface area is 94.8 Å². The van der Waals surface area contributed by atoms with Crippen molar-refractivity contribution in [2.24, 2.45) is 5.92 Å². The van der Waals surface area contributed by atoms with Crippen LogP contribution in [0.3, 0.4) is 0 Å². The predicted octanol–water partition coefficient (Wildman–Crippen LogP) is -0.0926. The van der Waals surface area contributed by atoms with Crippen molar-refractivity contribution in [2.45, 2.75) is 33.3 Å². The van der Waals surface area contributed by atoms with Crippen molar-refractivity contribution in [3.63, 3.8) is 0 Å². The van der Waals surface area contributed by atoms with E-state index in [0.29, 0.717) is 12.5 Å². The first kappa shape index (κ1) is 16.1. The zero-order chi connectivity index (χ0) is 10.4. The summed E-state index contributed by atoms with van der Waals surface area (Å²) in [7, 11) is 0. The monoisotopic (exact) mass is 218 g/mol. The average Bonchev–Trinajstić information content (AvgIpc) is 1.98. The van der Waals surface area contributed by atoms with Crippen molar-refractivity contribution in [3.05, 3.63) is 0 Å². The molecule has 0 radical (unpaired) electrons. The van der Waals surface area contributed by atoms with E-state index in [0.717, 1.165) is 0 Å². The van der Waals surface area contributed by atoms with Gasteiger partial charge in [0.05, 0.1) is 0 Å². The van der Waals surface area contributed by atoms with Gasteiger partial charge in [0.15, 0.2) is 23.1 Å². The van der Waals surface area contributed by atoms with Crippen molar-refractivity contribution in [2.75, 3.05) is 6.61 Å². The van der Waals surface area contributed by atoms with Gasteiger partial charge in [-0.25, -0.2) is 0 Å². The topological polar surface area (TPSA) is 63.6 Å². The first-order valence-electron chi connectivity index (χ1n) is 4.29. The lowest BCUT2D eigenvalue weighted by atomic mass is 10.2. The van der Waals surface area contributed by atoms with E-state index in [-0.39, 0.29) is 23.1 Å². The molecule has 0 aliphatic heterocycles. The van der Waals surface area contributed by atoms with E-state index in [9.17, 15) is 9.59 Å². The van der Waals surface area contributed by atoms with Crippen LogP contribution in [0.15, 0.2) is 0 Å². The summed E-state index contributed by atoms with van der Waals surface area (Å²) in [4.78, 5) is 21.2. The lowest BCUT2D eigenvalue weighted by molar-refractivity contribution is -0.143. The molecule has 0 aromatic carbocycles. The smallest absolute Gasteiger partial charge is 0.310 e. The van der Waals surface area contributed by atoms with Gasteiger partial charge in [-0.2, -0.15) is 0 Å². The van der Waals surface area contributed by atoms with Gasteiger partial charge in [-0.15, -0.1) is 0 Å². The van der Waals surface area contributed by atoms with Gasteiger partial charge in [0, 0.05) is 6.61 Å². The van der Waals surface area contributed by atoms with E-state index >= 15 is 0 Å². The van der Waals surface area contributed by atoms with Crippen LogP contribution in [0.2, 0.25) is 0 Å².